The molecule has 0 spiro atoms. The summed E-state index contributed by atoms with van der Waals surface area (Å²) in [6.45, 7) is 4.72. The lowest BCUT2D eigenvalue weighted by Crippen LogP contribution is -2.18. The van der Waals surface area contributed by atoms with Crippen molar-refractivity contribution in [1.82, 2.24) is 4.90 Å². The zero-order valence-electron chi connectivity index (χ0n) is 14.4. The van der Waals surface area contributed by atoms with Crippen LogP contribution in [0, 0.1) is 0 Å². The summed E-state index contributed by atoms with van der Waals surface area (Å²) >= 11 is 0. The van der Waals surface area contributed by atoms with Gasteiger partial charge in [0.05, 0.1) is 0 Å². The van der Waals surface area contributed by atoms with E-state index in [2.05, 4.69) is 15.5 Å². The van der Waals surface area contributed by atoms with Gasteiger partial charge in [0.15, 0.2) is 0 Å². The molecular formula is C20H23N3O2. The average molecular weight is 337 g/mol. The highest BCUT2D eigenvalue weighted by Gasteiger charge is 2.12. The highest BCUT2D eigenvalue weighted by Crippen LogP contribution is 2.17. The van der Waals surface area contributed by atoms with Gasteiger partial charge in [0.1, 0.15) is 0 Å². The van der Waals surface area contributed by atoms with Crippen LogP contribution in [0.2, 0.25) is 0 Å². The molecule has 5 heteroatoms. The third-order valence-electron chi connectivity index (χ3n) is 4.26. The highest BCUT2D eigenvalue weighted by molar-refractivity contribution is 6.04. The fraction of sp³-hybridized carbons (Fsp3) is 0.300. The van der Waals surface area contributed by atoms with Gasteiger partial charge >= 0.3 is 0 Å². The van der Waals surface area contributed by atoms with Crippen LogP contribution in [0.4, 0.5) is 11.4 Å². The van der Waals surface area contributed by atoms with Gasteiger partial charge in [0.2, 0.25) is 5.91 Å². The van der Waals surface area contributed by atoms with Crippen LogP contribution in [0.15, 0.2) is 48.5 Å². The Morgan fingerprint density at radius 3 is 2.24 bits per heavy atom. The first-order valence-corrected chi connectivity index (χ1v) is 8.60. The van der Waals surface area contributed by atoms with Gasteiger partial charge in [-0.1, -0.05) is 18.2 Å². The fourth-order valence-electron chi connectivity index (χ4n) is 3.04. The maximum atomic E-state index is 12.4. The quantitative estimate of drug-likeness (QED) is 0.878. The van der Waals surface area contributed by atoms with Gasteiger partial charge in [-0.3, -0.25) is 14.5 Å². The Kier molecular flexibility index (Phi) is 5.46. The number of hydrogen-bond donors (Lipinski definition) is 2. The minimum atomic E-state index is -0.160. The summed E-state index contributed by atoms with van der Waals surface area (Å²) < 4.78 is 0. The predicted molar refractivity (Wildman–Crippen MR) is 99.7 cm³/mol. The summed E-state index contributed by atoms with van der Waals surface area (Å²) in [5, 5.41) is 5.57. The predicted octanol–water partition coefficient (Wildman–Crippen LogP) is 3.49. The number of rotatable bonds is 5. The minimum Gasteiger partial charge on any atom is -0.326 e. The molecule has 2 aromatic rings. The van der Waals surface area contributed by atoms with Gasteiger partial charge in [-0.05, 0) is 61.8 Å². The van der Waals surface area contributed by atoms with Crippen LogP contribution in [-0.2, 0) is 11.3 Å². The molecule has 0 aliphatic carbocycles. The molecule has 5 nitrogen and oxygen atoms in total. The molecule has 2 N–H and O–H groups in total. The zero-order chi connectivity index (χ0) is 17.6. The van der Waals surface area contributed by atoms with Crippen LogP contribution in [0.3, 0.4) is 0 Å². The summed E-state index contributed by atoms with van der Waals surface area (Å²) in [5.74, 6) is -0.301. The Bertz CT molecular complexity index is 750. The Balaban J connectivity index is 1.61. The number of nitrogens with zero attached hydrogens (tertiary/aromatic N) is 1. The van der Waals surface area contributed by atoms with Crippen molar-refractivity contribution >= 4 is 23.2 Å². The van der Waals surface area contributed by atoms with Crippen LogP contribution < -0.4 is 10.6 Å². The number of likely N-dealkylation sites (tertiary alicyclic amines) is 1. The SMILES string of the molecule is CC(=O)Nc1cccc(NC(=O)c2ccc(CN3CCCC3)cc2)c1. The fourth-order valence-corrected chi connectivity index (χ4v) is 3.04. The zero-order valence-corrected chi connectivity index (χ0v) is 14.4. The van der Waals surface area contributed by atoms with Crippen molar-refractivity contribution in [2.45, 2.75) is 26.3 Å². The molecule has 1 heterocycles. The molecule has 2 aromatic carbocycles. The standard InChI is InChI=1S/C20H23N3O2/c1-15(24)21-18-5-4-6-19(13-18)22-20(25)17-9-7-16(8-10-17)14-23-11-2-3-12-23/h4-10,13H,2-3,11-12,14H2,1H3,(H,21,24)(H,22,25). The monoisotopic (exact) mass is 337 g/mol. The van der Waals surface area contributed by atoms with Crippen LogP contribution in [0.25, 0.3) is 0 Å². The van der Waals surface area contributed by atoms with Crippen LogP contribution in [-0.4, -0.2) is 29.8 Å². The molecule has 0 saturated carbocycles. The normalized spacial score (nSPS) is 14.3. The van der Waals surface area contributed by atoms with Crippen LogP contribution in [0.1, 0.15) is 35.7 Å². The molecular weight excluding hydrogens is 314 g/mol. The molecule has 0 atom stereocenters. The van der Waals surface area contributed by atoms with E-state index in [0.717, 1.165) is 19.6 Å². The van der Waals surface area contributed by atoms with Crippen LogP contribution >= 0.6 is 0 Å². The summed E-state index contributed by atoms with van der Waals surface area (Å²) in [5.41, 5.74) is 3.16. The van der Waals surface area contributed by atoms with E-state index in [0.29, 0.717) is 16.9 Å². The lowest BCUT2D eigenvalue weighted by atomic mass is 10.1. The molecule has 0 radical (unpaired) electrons. The summed E-state index contributed by atoms with van der Waals surface area (Å²) in [7, 11) is 0. The molecule has 3 rings (SSSR count). The van der Waals surface area contributed by atoms with E-state index in [9.17, 15) is 9.59 Å². The highest BCUT2D eigenvalue weighted by atomic mass is 16.2. The van der Waals surface area contributed by atoms with Crippen molar-refractivity contribution in [3.05, 3.63) is 59.7 Å². The van der Waals surface area contributed by atoms with E-state index in [1.54, 1.807) is 24.3 Å². The topological polar surface area (TPSA) is 61.4 Å². The third-order valence-corrected chi connectivity index (χ3v) is 4.26. The van der Waals surface area contributed by atoms with E-state index in [4.69, 9.17) is 0 Å². The van der Waals surface area contributed by atoms with Gasteiger partial charge in [-0.15, -0.1) is 0 Å². The second-order valence-electron chi connectivity index (χ2n) is 6.40. The number of benzene rings is 2. The van der Waals surface area contributed by atoms with Crippen molar-refractivity contribution in [1.29, 1.82) is 0 Å². The molecule has 0 unspecified atom stereocenters. The molecule has 0 aromatic heterocycles. The molecule has 1 aliphatic rings. The smallest absolute Gasteiger partial charge is 0.255 e. The average Bonchev–Trinajstić information content (AvgIpc) is 3.08. The first-order chi connectivity index (χ1) is 12.1. The molecule has 130 valence electrons. The second kappa shape index (κ2) is 7.94. The van der Waals surface area contributed by atoms with E-state index in [1.165, 1.54) is 25.3 Å². The van der Waals surface area contributed by atoms with E-state index in [-0.39, 0.29) is 11.8 Å². The summed E-state index contributed by atoms with van der Waals surface area (Å²) in [6.07, 6.45) is 2.55. The Labute approximate surface area is 148 Å². The molecule has 1 fully saturated rings. The number of carbonyl (C=O) groups is 2. The Hall–Kier alpha value is -2.66. The van der Waals surface area contributed by atoms with E-state index >= 15 is 0 Å². The Morgan fingerprint density at radius 2 is 1.60 bits per heavy atom. The van der Waals surface area contributed by atoms with Gasteiger partial charge in [0.25, 0.3) is 5.91 Å². The lowest BCUT2D eigenvalue weighted by Gasteiger charge is -2.14. The molecule has 2 amide bonds. The number of anilines is 2. The van der Waals surface area contributed by atoms with Crippen molar-refractivity contribution in [3.8, 4) is 0 Å². The first kappa shape index (κ1) is 17.2. The number of amides is 2. The lowest BCUT2D eigenvalue weighted by molar-refractivity contribution is -0.114. The maximum absolute atomic E-state index is 12.4. The van der Waals surface area contributed by atoms with Gasteiger partial charge in [0, 0.05) is 30.4 Å². The minimum absolute atomic E-state index is 0.142. The maximum Gasteiger partial charge on any atom is 0.255 e. The molecule has 1 saturated heterocycles. The van der Waals surface area contributed by atoms with Gasteiger partial charge in [-0.25, -0.2) is 0 Å². The van der Waals surface area contributed by atoms with E-state index in [1.807, 2.05) is 24.3 Å². The van der Waals surface area contributed by atoms with Crippen molar-refractivity contribution < 1.29 is 9.59 Å². The summed E-state index contributed by atoms with van der Waals surface area (Å²) in [6, 6.07) is 14.9. The van der Waals surface area contributed by atoms with Crippen LogP contribution in [0.5, 0.6) is 0 Å². The third kappa shape index (κ3) is 4.90. The first-order valence-electron chi connectivity index (χ1n) is 8.60. The van der Waals surface area contributed by atoms with Crippen molar-refractivity contribution in [2.75, 3.05) is 23.7 Å². The van der Waals surface area contributed by atoms with E-state index < -0.39 is 0 Å². The van der Waals surface area contributed by atoms with Gasteiger partial charge < -0.3 is 10.6 Å². The summed E-state index contributed by atoms with van der Waals surface area (Å²) in [4.78, 5) is 25.9. The molecule has 25 heavy (non-hydrogen) atoms. The van der Waals surface area contributed by atoms with Gasteiger partial charge in [-0.2, -0.15) is 0 Å². The van der Waals surface area contributed by atoms with Crippen molar-refractivity contribution in [3.63, 3.8) is 0 Å². The second-order valence-corrected chi connectivity index (χ2v) is 6.40. The van der Waals surface area contributed by atoms with Crippen molar-refractivity contribution in [2.24, 2.45) is 0 Å². The largest absolute Gasteiger partial charge is 0.326 e. The number of nitrogens with one attached hydrogen (secondary N) is 2. The Morgan fingerprint density at radius 1 is 0.960 bits per heavy atom. The molecule has 1 aliphatic heterocycles. The number of hydrogen-bond acceptors (Lipinski definition) is 3. The molecule has 0 bridgehead atoms. The number of carbonyl (C=O) groups excluding carboxylic acids is 2.